The van der Waals surface area contributed by atoms with Crippen LogP contribution in [0.15, 0.2) is 6.07 Å². The van der Waals surface area contributed by atoms with E-state index in [1.54, 1.807) is 6.07 Å². The predicted molar refractivity (Wildman–Crippen MR) is 57.8 cm³/mol. The minimum Gasteiger partial charge on any atom is -0.404 e. The Kier molecular flexibility index (Phi) is 5.05. The van der Waals surface area contributed by atoms with E-state index >= 15 is 0 Å². The summed E-state index contributed by atoms with van der Waals surface area (Å²) in [5.74, 6) is -1.09. The smallest absolute Gasteiger partial charge is 0.404 e. The van der Waals surface area contributed by atoms with Gasteiger partial charge in [0.2, 0.25) is 0 Å². The Morgan fingerprint density at radius 2 is 2.05 bits per heavy atom. The molecule has 1 rings (SSSR count). The minimum atomic E-state index is -5.11. The molecule has 0 saturated heterocycles. The van der Waals surface area contributed by atoms with E-state index < -0.39 is 24.2 Å². The van der Waals surface area contributed by atoms with Gasteiger partial charge in [0.1, 0.15) is 5.69 Å². The Hall–Kier alpha value is -1.43. The molecule has 0 aliphatic rings. The number of hydrogen-bond donors (Lipinski definition) is 0. The van der Waals surface area contributed by atoms with E-state index in [4.69, 9.17) is 5.26 Å². The Bertz CT molecular complexity index is 498. The Morgan fingerprint density at radius 3 is 2.47 bits per heavy atom. The molecule has 0 aliphatic heterocycles. The molecule has 0 unspecified atom stereocenters. The van der Waals surface area contributed by atoms with Crippen LogP contribution in [0.2, 0.25) is 0 Å². The van der Waals surface area contributed by atoms with E-state index in [9.17, 15) is 22.0 Å². The number of hydrogen-bond acceptors (Lipinski definition) is 3. The molecule has 0 saturated carbocycles. The zero-order valence-corrected chi connectivity index (χ0v) is 10.7. The third-order valence-corrected chi connectivity index (χ3v) is 2.54. The lowest BCUT2D eigenvalue weighted by Gasteiger charge is -2.15. The van der Waals surface area contributed by atoms with Crippen molar-refractivity contribution in [1.82, 2.24) is 4.98 Å². The zero-order valence-electron chi connectivity index (χ0n) is 9.14. The van der Waals surface area contributed by atoms with Gasteiger partial charge in [-0.3, -0.25) is 0 Å². The van der Waals surface area contributed by atoms with E-state index in [1.165, 1.54) is 0 Å². The summed E-state index contributed by atoms with van der Waals surface area (Å²) < 4.78 is 65.2. The van der Waals surface area contributed by atoms with Crippen molar-refractivity contribution >= 4 is 15.9 Å². The van der Waals surface area contributed by atoms with Crippen molar-refractivity contribution in [3.05, 3.63) is 23.0 Å². The van der Waals surface area contributed by atoms with Gasteiger partial charge in [-0.05, 0) is 11.6 Å². The highest BCUT2D eigenvalue weighted by Crippen LogP contribution is 2.33. The molecule has 0 atom stereocenters. The molecule has 1 heterocycles. The van der Waals surface area contributed by atoms with Crippen LogP contribution >= 0.6 is 15.9 Å². The summed E-state index contributed by atoms with van der Waals surface area (Å²) in [6, 6.07) is 2.48. The van der Waals surface area contributed by atoms with Crippen LogP contribution in [-0.2, 0) is 11.8 Å². The summed E-state index contributed by atoms with van der Waals surface area (Å²) in [6.07, 6.45) is -8.58. The number of pyridine rings is 1. The van der Waals surface area contributed by atoms with Gasteiger partial charge in [0.25, 0.3) is 6.43 Å². The van der Waals surface area contributed by atoms with Crippen molar-refractivity contribution < 1.29 is 26.7 Å². The molecule has 19 heavy (non-hydrogen) atoms. The molecule has 0 aliphatic carbocycles. The van der Waals surface area contributed by atoms with Crippen LogP contribution in [0, 0.1) is 11.3 Å². The number of halogens is 6. The lowest BCUT2D eigenvalue weighted by molar-refractivity contribution is -0.275. The Labute approximate surface area is 113 Å². The molecule has 0 radical (unpaired) electrons. The van der Waals surface area contributed by atoms with E-state index in [0.717, 1.165) is 6.07 Å². The van der Waals surface area contributed by atoms with Gasteiger partial charge in [-0.2, -0.15) is 5.26 Å². The van der Waals surface area contributed by atoms with Gasteiger partial charge < -0.3 is 4.74 Å². The van der Waals surface area contributed by atoms with Gasteiger partial charge in [0, 0.05) is 5.33 Å². The number of nitrogens with zero attached hydrogens (tertiary/aromatic N) is 2. The second-order valence-corrected chi connectivity index (χ2v) is 3.86. The average molecular weight is 345 g/mol. The van der Waals surface area contributed by atoms with Crippen molar-refractivity contribution in [2.45, 2.75) is 24.5 Å². The summed E-state index contributed by atoms with van der Waals surface area (Å²) in [5, 5.41) is 8.58. The normalized spacial score (nSPS) is 11.5. The first-order valence-electron chi connectivity index (χ1n) is 4.78. The van der Waals surface area contributed by atoms with Crippen molar-refractivity contribution in [2.75, 3.05) is 0 Å². The quantitative estimate of drug-likeness (QED) is 0.615. The summed E-state index contributed by atoms with van der Waals surface area (Å²) in [7, 11) is 0. The molecule has 0 spiro atoms. The fraction of sp³-hybridized carbons (Fsp3) is 0.400. The van der Waals surface area contributed by atoms with E-state index in [1.807, 2.05) is 0 Å². The van der Waals surface area contributed by atoms with Crippen LogP contribution < -0.4 is 4.74 Å². The topological polar surface area (TPSA) is 45.9 Å². The Balaban J connectivity index is 3.33. The fourth-order valence-corrected chi connectivity index (χ4v) is 1.79. The molecular weight excluding hydrogens is 339 g/mol. The fourth-order valence-electron chi connectivity index (χ4n) is 1.30. The maximum atomic E-state index is 12.6. The third-order valence-electron chi connectivity index (χ3n) is 2.01. The largest absolute Gasteiger partial charge is 0.573 e. The molecule has 1 aromatic rings. The van der Waals surface area contributed by atoms with Crippen molar-refractivity contribution in [3.8, 4) is 11.8 Å². The van der Waals surface area contributed by atoms with Gasteiger partial charge in [0.05, 0.1) is 18.2 Å². The third kappa shape index (κ3) is 4.31. The first-order valence-corrected chi connectivity index (χ1v) is 5.90. The van der Waals surface area contributed by atoms with E-state index in [-0.39, 0.29) is 23.0 Å². The second-order valence-electron chi connectivity index (χ2n) is 3.29. The average Bonchev–Trinajstić information content (AvgIpc) is 2.27. The van der Waals surface area contributed by atoms with Gasteiger partial charge in [-0.1, -0.05) is 15.9 Å². The van der Waals surface area contributed by atoms with Gasteiger partial charge >= 0.3 is 6.36 Å². The molecular formula is C10H6BrF5N2O. The first-order chi connectivity index (χ1) is 8.78. The predicted octanol–water partition coefficient (Wildman–Crippen LogP) is 3.88. The number of nitriles is 1. The van der Waals surface area contributed by atoms with Crippen LogP contribution in [0.5, 0.6) is 5.75 Å². The summed E-state index contributed by atoms with van der Waals surface area (Å²) in [5.41, 5.74) is -0.928. The monoisotopic (exact) mass is 344 g/mol. The highest BCUT2D eigenvalue weighted by molar-refractivity contribution is 9.08. The van der Waals surface area contributed by atoms with Crippen LogP contribution in [0.3, 0.4) is 0 Å². The van der Waals surface area contributed by atoms with Crippen LogP contribution in [0.4, 0.5) is 22.0 Å². The number of alkyl halides is 6. The Morgan fingerprint density at radius 1 is 1.42 bits per heavy atom. The highest BCUT2D eigenvalue weighted by atomic mass is 79.9. The van der Waals surface area contributed by atoms with Crippen molar-refractivity contribution in [2.24, 2.45) is 0 Å². The molecule has 0 amide bonds. The van der Waals surface area contributed by atoms with E-state index in [2.05, 4.69) is 25.7 Å². The van der Waals surface area contributed by atoms with Crippen LogP contribution in [0.1, 0.15) is 23.4 Å². The lowest BCUT2D eigenvalue weighted by Crippen LogP contribution is -2.19. The van der Waals surface area contributed by atoms with Gasteiger partial charge in [-0.15, -0.1) is 13.2 Å². The van der Waals surface area contributed by atoms with Gasteiger partial charge in [0.15, 0.2) is 5.75 Å². The summed E-state index contributed by atoms with van der Waals surface area (Å²) >= 11 is 2.97. The number of aromatic nitrogens is 1. The highest BCUT2D eigenvalue weighted by Gasteiger charge is 2.34. The molecule has 3 nitrogen and oxygen atoms in total. The first kappa shape index (κ1) is 15.6. The molecule has 0 N–H and O–H groups in total. The summed E-state index contributed by atoms with van der Waals surface area (Å²) in [4.78, 5) is 3.42. The molecule has 104 valence electrons. The summed E-state index contributed by atoms with van der Waals surface area (Å²) in [6.45, 7) is 0. The molecule has 0 aromatic carbocycles. The minimum absolute atomic E-state index is 0.0377. The molecule has 9 heteroatoms. The van der Waals surface area contributed by atoms with Crippen molar-refractivity contribution in [3.63, 3.8) is 0 Å². The maximum Gasteiger partial charge on any atom is 0.573 e. The van der Waals surface area contributed by atoms with E-state index in [0.29, 0.717) is 0 Å². The number of ether oxygens (including phenoxy) is 1. The molecule has 1 aromatic heterocycles. The molecule has 0 fully saturated rings. The second kappa shape index (κ2) is 6.14. The lowest BCUT2D eigenvalue weighted by atomic mass is 10.1. The SMILES string of the molecule is N#CCc1cc(OC(F)(F)F)c(C(F)F)nc1CBr. The van der Waals surface area contributed by atoms with Crippen LogP contribution in [-0.4, -0.2) is 11.3 Å². The van der Waals surface area contributed by atoms with Gasteiger partial charge in [-0.25, -0.2) is 13.8 Å². The maximum absolute atomic E-state index is 12.6. The standard InChI is InChI=1S/C10H6BrF5N2O/c11-4-6-5(1-2-17)3-7(19-10(14,15)16)8(18-6)9(12)13/h3,9H,1,4H2. The van der Waals surface area contributed by atoms with Crippen molar-refractivity contribution in [1.29, 1.82) is 5.26 Å². The zero-order chi connectivity index (χ0) is 14.6. The molecule has 0 bridgehead atoms. The number of rotatable bonds is 4. The van der Waals surface area contributed by atoms with Crippen LogP contribution in [0.25, 0.3) is 0 Å².